The molecule has 0 amide bonds. The first-order chi connectivity index (χ1) is 5.65. The lowest BCUT2D eigenvalue weighted by Gasteiger charge is -2.01. The maximum absolute atomic E-state index is 10.6. The van der Waals surface area contributed by atoms with Gasteiger partial charge in [-0.15, -0.1) is 0 Å². The third-order valence-corrected chi connectivity index (χ3v) is 1.55. The Hall–Kier alpha value is -1.45. The minimum atomic E-state index is -0.966. The van der Waals surface area contributed by atoms with Crippen LogP contribution in [0.1, 0.15) is 28.8 Å². The van der Waals surface area contributed by atoms with Gasteiger partial charge in [0.1, 0.15) is 5.82 Å². The van der Waals surface area contributed by atoms with Gasteiger partial charge in [-0.05, 0) is 13.3 Å². The number of aromatic nitrogens is 2. The summed E-state index contributed by atoms with van der Waals surface area (Å²) in [6.45, 7) is 3.61. The first kappa shape index (κ1) is 8.64. The van der Waals surface area contributed by atoms with E-state index in [1.54, 1.807) is 6.92 Å². The Bertz CT molecular complexity index is 310. The molecule has 0 atom stereocenters. The predicted octanol–water partition coefficient (Wildman–Crippen LogP) is 1.05. The molecule has 0 unspecified atom stereocenters. The molecule has 0 aliphatic carbocycles. The first-order valence-electron chi connectivity index (χ1n) is 3.71. The maximum atomic E-state index is 10.6. The Balaban J connectivity index is 3.20. The lowest BCUT2D eigenvalue weighted by molar-refractivity contribution is 0.0694. The molecule has 0 aliphatic rings. The summed E-state index contributed by atoms with van der Waals surface area (Å²) in [5.41, 5.74) is 0.790. The van der Waals surface area contributed by atoms with Crippen molar-refractivity contribution in [3.05, 3.63) is 23.3 Å². The fraction of sp³-hybridized carbons (Fsp3) is 0.375. The molecular formula is C8H10N2O2. The van der Waals surface area contributed by atoms with Gasteiger partial charge >= 0.3 is 5.97 Å². The van der Waals surface area contributed by atoms with Crippen molar-refractivity contribution in [2.24, 2.45) is 0 Å². The van der Waals surface area contributed by atoms with Crippen molar-refractivity contribution in [1.82, 2.24) is 9.97 Å². The van der Waals surface area contributed by atoms with Gasteiger partial charge < -0.3 is 5.11 Å². The van der Waals surface area contributed by atoms with E-state index in [0.717, 1.165) is 0 Å². The predicted molar refractivity (Wildman–Crippen MR) is 43.1 cm³/mol. The van der Waals surface area contributed by atoms with Crippen LogP contribution in [0.2, 0.25) is 0 Å². The summed E-state index contributed by atoms with van der Waals surface area (Å²) < 4.78 is 0. The Morgan fingerprint density at radius 1 is 1.67 bits per heavy atom. The van der Waals surface area contributed by atoms with E-state index in [9.17, 15) is 4.79 Å². The summed E-state index contributed by atoms with van der Waals surface area (Å²) in [5.74, 6) is -0.358. The first-order valence-corrected chi connectivity index (χ1v) is 3.71. The molecule has 0 saturated carbocycles. The van der Waals surface area contributed by atoms with Crippen LogP contribution in [0, 0.1) is 6.92 Å². The van der Waals surface area contributed by atoms with Gasteiger partial charge in [0.2, 0.25) is 0 Å². The zero-order valence-corrected chi connectivity index (χ0v) is 7.03. The van der Waals surface area contributed by atoms with Gasteiger partial charge in [-0.1, -0.05) is 6.92 Å². The van der Waals surface area contributed by atoms with E-state index in [-0.39, 0.29) is 5.56 Å². The van der Waals surface area contributed by atoms with Gasteiger partial charge in [0.15, 0.2) is 0 Å². The zero-order chi connectivity index (χ0) is 9.14. The molecule has 4 nitrogen and oxygen atoms in total. The smallest absolute Gasteiger partial charge is 0.339 e. The number of hydrogen-bond acceptors (Lipinski definition) is 3. The summed E-state index contributed by atoms with van der Waals surface area (Å²) in [4.78, 5) is 18.4. The minimum absolute atomic E-state index is 0.197. The summed E-state index contributed by atoms with van der Waals surface area (Å²) >= 11 is 0. The normalized spacial score (nSPS) is 9.83. The van der Waals surface area contributed by atoms with E-state index >= 15 is 0 Å². The standard InChI is InChI=1S/C8H10N2O2/c1-3-7-6(8(11)12)4-9-5(2)10-7/h4H,3H2,1-2H3,(H,11,12). The minimum Gasteiger partial charge on any atom is -0.478 e. The molecule has 4 heteroatoms. The van der Waals surface area contributed by atoms with Crippen molar-refractivity contribution in [1.29, 1.82) is 0 Å². The van der Waals surface area contributed by atoms with Crippen LogP contribution in [0.25, 0.3) is 0 Å². The van der Waals surface area contributed by atoms with Gasteiger partial charge in [-0.25, -0.2) is 14.8 Å². The van der Waals surface area contributed by atoms with Crippen LogP contribution in [0.3, 0.4) is 0 Å². The molecule has 0 aliphatic heterocycles. The quantitative estimate of drug-likeness (QED) is 0.713. The van der Waals surface area contributed by atoms with Gasteiger partial charge in [-0.3, -0.25) is 0 Å². The molecule has 1 heterocycles. The third kappa shape index (κ3) is 1.58. The number of carbonyl (C=O) groups is 1. The van der Waals surface area contributed by atoms with Crippen LogP contribution < -0.4 is 0 Å². The fourth-order valence-corrected chi connectivity index (χ4v) is 0.965. The summed E-state index contributed by atoms with van der Waals surface area (Å²) in [6.07, 6.45) is 1.97. The number of aromatic carboxylic acids is 1. The molecule has 0 aromatic carbocycles. The highest BCUT2D eigenvalue weighted by molar-refractivity contribution is 5.88. The van der Waals surface area contributed by atoms with Crippen molar-refractivity contribution in [2.75, 3.05) is 0 Å². The Morgan fingerprint density at radius 3 is 2.83 bits per heavy atom. The monoisotopic (exact) mass is 166 g/mol. The van der Waals surface area contributed by atoms with Crippen molar-refractivity contribution in [3.8, 4) is 0 Å². The van der Waals surface area contributed by atoms with E-state index in [4.69, 9.17) is 5.11 Å². The number of carboxylic acids is 1. The number of carboxylic acid groups (broad SMARTS) is 1. The van der Waals surface area contributed by atoms with E-state index < -0.39 is 5.97 Å². The average Bonchev–Trinajstić information content (AvgIpc) is 2.03. The van der Waals surface area contributed by atoms with E-state index in [1.165, 1.54) is 6.20 Å². The second-order valence-corrected chi connectivity index (χ2v) is 2.44. The van der Waals surface area contributed by atoms with E-state index in [1.807, 2.05) is 6.92 Å². The zero-order valence-electron chi connectivity index (χ0n) is 7.03. The van der Waals surface area contributed by atoms with Crippen molar-refractivity contribution < 1.29 is 9.90 Å². The summed E-state index contributed by atoms with van der Waals surface area (Å²) in [5, 5.41) is 8.71. The number of nitrogens with zero attached hydrogens (tertiary/aromatic N) is 2. The van der Waals surface area contributed by atoms with Crippen LogP contribution in [0.15, 0.2) is 6.20 Å². The molecule has 64 valence electrons. The van der Waals surface area contributed by atoms with Crippen LogP contribution in [0.5, 0.6) is 0 Å². The molecule has 0 fully saturated rings. The van der Waals surface area contributed by atoms with Crippen molar-refractivity contribution in [3.63, 3.8) is 0 Å². The second kappa shape index (κ2) is 3.30. The van der Waals surface area contributed by atoms with Gasteiger partial charge in [0, 0.05) is 6.20 Å². The van der Waals surface area contributed by atoms with Gasteiger partial charge in [0.25, 0.3) is 0 Å². The third-order valence-electron chi connectivity index (χ3n) is 1.55. The number of aryl methyl sites for hydroxylation is 2. The molecule has 0 bridgehead atoms. The summed E-state index contributed by atoms with van der Waals surface area (Å²) in [6, 6.07) is 0. The molecule has 1 aromatic heterocycles. The Labute approximate surface area is 70.3 Å². The molecule has 0 radical (unpaired) electrons. The SMILES string of the molecule is CCc1nc(C)ncc1C(=O)O. The van der Waals surface area contributed by atoms with E-state index in [2.05, 4.69) is 9.97 Å². The van der Waals surface area contributed by atoms with Gasteiger partial charge in [-0.2, -0.15) is 0 Å². The van der Waals surface area contributed by atoms with Crippen LogP contribution in [0.4, 0.5) is 0 Å². The van der Waals surface area contributed by atoms with Crippen molar-refractivity contribution in [2.45, 2.75) is 20.3 Å². The molecule has 1 aromatic rings. The van der Waals surface area contributed by atoms with Crippen LogP contribution in [-0.2, 0) is 6.42 Å². The molecule has 1 N–H and O–H groups in total. The summed E-state index contributed by atoms with van der Waals surface area (Å²) in [7, 11) is 0. The Kier molecular flexibility index (Phi) is 2.38. The number of rotatable bonds is 2. The molecule has 0 saturated heterocycles. The van der Waals surface area contributed by atoms with Crippen LogP contribution in [-0.4, -0.2) is 21.0 Å². The van der Waals surface area contributed by atoms with Gasteiger partial charge in [0.05, 0.1) is 11.3 Å². The maximum Gasteiger partial charge on any atom is 0.339 e. The topological polar surface area (TPSA) is 63.1 Å². The lowest BCUT2D eigenvalue weighted by atomic mass is 10.2. The molecule has 1 rings (SSSR count). The molecular weight excluding hydrogens is 156 g/mol. The highest BCUT2D eigenvalue weighted by Crippen LogP contribution is 2.05. The van der Waals surface area contributed by atoms with Crippen LogP contribution >= 0.6 is 0 Å². The number of hydrogen-bond donors (Lipinski definition) is 1. The molecule has 12 heavy (non-hydrogen) atoms. The highest BCUT2D eigenvalue weighted by atomic mass is 16.4. The fourth-order valence-electron chi connectivity index (χ4n) is 0.965. The second-order valence-electron chi connectivity index (χ2n) is 2.44. The average molecular weight is 166 g/mol. The van der Waals surface area contributed by atoms with E-state index in [0.29, 0.717) is 17.9 Å². The largest absolute Gasteiger partial charge is 0.478 e. The lowest BCUT2D eigenvalue weighted by Crippen LogP contribution is -2.06. The van der Waals surface area contributed by atoms with Crippen molar-refractivity contribution >= 4 is 5.97 Å². The molecule has 0 spiro atoms. The highest BCUT2D eigenvalue weighted by Gasteiger charge is 2.09. The Morgan fingerprint density at radius 2 is 2.33 bits per heavy atom.